The van der Waals surface area contributed by atoms with Crippen molar-refractivity contribution in [1.82, 2.24) is 9.55 Å². The van der Waals surface area contributed by atoms with Crippen LogP contribution in [0.3, 0.4) is 0 Å². The monoisotopic (exact) mass is 416 g/mol. The van der Waals surface area contributed by atoms with Gasteiger partial charge in [0.1, 0.15) is 11.2 Å². The van der Waals surface area contributed by atoms with E-state index in [0.717, 1.165) is 17.8 Å². The molecule has 7 rings (SSSR count). The van der Waals surface area contributed by atoms with Gasteiger partial charge >= 0.3 is 0 Å². The van der Waals surface area contributed by atoms with E-state index in [2.05, 4.69) is 102 Å². The molecule has 4 aromatic carbocycles. The van der Waals surface area contributed by atoms with Gasteiger partial charge in [0.2, 0.25) is 0 Å². The number of rotatable bonds is 1. The van der Waals surface area contributed by atoms with Gasteiger partial charge < -0.3 is 0 Å². The number of hydrogen-bond acceptors (Lipinski definition) is 2. The minimum Gasteiger partial charge on any atom is -0.295 e. The fraction of sp³-hybridized carbons (Fsp3) is 0.107. The van der Waals surface area contributed by atoms with E-state index in [0.29, 0.717) is 0 Å². The molecular weight excluding hydrogens is 396 g/mol. The Morgan fingerprint density at radius 1 is 0.774 bits per heavy atom. The first kappa shape index (κ1) is 17.4. The summed E-state index contributed by atoms with van der Waals surface area (Å²) in [6, 6.07) is 33.2. The molecule has 5 aromatic rings. The van der Waals surface area contributed by atoms with Gasteiger partial charge in [-0.25, -0.2) is 4.98 Å². The molecular formula is C28H20N2S. The van der Waals surface area contributed by atoms with Crippen LogP contribution in [0.2, 0.25) is 0 Å². The number of fused-ring (bicyclic) bond motifs is 11. The van der Waals surface area contributed by atoms with Crippen molar-refractivity contribution in [2.75, 3.05) is 0 Å². The number of nitrogens with zero attached hydrogens (tertiary/aromatic N) is 2. The van der Waals surface area contributed by atoms with Crippen LogP contribution in [0.25, 0.3) is 16.7 Å². The summed E-state index contributed by atoms with van der Waals surface area (Å²) in [6.45, 7) is 2.23. The van der Waals surface area contributed by atoms with E-state index in [-0.39, 0.29) is 0 Å². The van der Waals surface area contributed by atoms with Gasteiger partial charge in [-0.05, 0) is 59.0 Å². The molecule has 1 aromatic heterocycles. The maximum absolute atomic E-state index is 5.29. The summed E-state index contributed by atoms with van der Waals surface area (Å²) >= 11 is 1.88. The van der Waals surface area contributed by atoms with Crippen LogP contribution in [0.15, 0.2) is 101 Å². The smallest absolute Gasteiger partial charge is 0.134 e. The van der Waals surface area contributed by atoms with E-state index in [1.807, 2.05) is 11.8 Å². The fourth-order valence-electron chi connectivity index (χ4n) is 5.47. The third-order valence-electron chi connectivity index (χ3n) is 6.81. The van der Waals surface area contributed by atoms with Gasteiger partial charge in [0.05, 0.1) is 16.7 Å². The number of aromatic nitrogens is 2. The maximum Gasteiger partial charge on any atom is 0.134 e. The lowest BCUT2D eigenvalue weighted by Gasteiger charge is -2.37. The lowest BCUT2D eigenvalue weighted by atomic mass is 9.69. The highest BCUT2D eigenvalue weighted by Crippen LogP contribution is 2.59. The normalized spacial score (nSPS) is 18.0. The van der Waals surface area contributed by atoms with E-state index in [4.69, 9.17) is 4.98 Å². The summed E-state index contributed by atoms with van der Waals surface area (Å²) in [4.78, 5) is 7.93. The van der Waals surface area contributed by atoms with Crippen LogP contribution < -0.4 is 0 Å². The van der Waals surface area contributed by atoms with E-state index in [1.54, 1.807) is 0 Å². The second-order valence-electron chi connectivity index (χ2n) is 8.31. The quantitative estimate of drug-likeness (QED) is 0.295. The third kappa shape index (κ3) is 2.07. The molecule has 0 amide bonds. The predicted octanol–water partition coefficient (Wildman–Crippen LogP) is 6.75. The highest BCUT2D eigenvalue weighted by Gasteiger charge is 2.52. The van der Waals surface area contributed by atoms with Gasteiger partial charge in [0.25, 0.3) is 0 Å². The topological polar surface area (TPSA) is 17.8 Å². The molecule has 3 heterocycles. The molecule has 2 aliphatic heterocycles. The number of imidazole rings is 1. The van der Waals surface area contributed by atoms with Gasteiger partial charge in [-0.2, -0.15) is 0 Å². The highest BCUT2D eigenvalue weighted by molar-refractivity contribution is 7.99. The number of benzene rings is 4. The Morgan fingerprint density at radius 2 is 1.52 bits per heavy atom. The summed E-state index contributed by atoms with van der Waals surface area (Å²) in [5.74, 6) is 1.11. The van der Waals surface area contributed by atoms with Crippen molar-refractivity contribution in [1.29, 1.82) is 0 Å². The van der Waals surface area contributed by atoms with Gasteiger partial charge in [-0.1, -0.05) is 79.3 Å². The Bertz CT molecular complexity index is 1510. The lowest BCUT2D eigenvalue weighted by molar-refractivity contribution is 0.679. The first-order valence-electron chi connectivity index (χ1n) is 10.8. The third-order valence-corrected chi connectivity index (χ3v) is 7.96. The summed E-state index contributed by atoms with van der Waals surface area (Å²) < 4.78 is 2.39. The second kappa shape index (κ2) is 6.12. The Labute approximate surface area is 185 Å². The van der Waals surface area contributed by atoms with Crippen LogP contribution in [-0.4, -0.2) is 9.55 Å². The minimum atomic E-state index is -0.405. The van der Waals surface area contributed by atoms with Crippen LogP contribution in [0.5, 0.6) is 0 Å². The molecule has 0 bridgehead atoms. The molecule has 1 unspecified atom stereocenters. The van der Waals surface area contributed by atoms with Gasteiger partial charge in [-0.15, -0.1) is 0 Å². The molecule has 0 aliphatic carbocycles. The Hall–Kier alpha value is -3.30. The van der Waals surface area contributed by atoms with Crippen LogP contribution in [0.1, 0.15) is 35.0 Å². The first-order chi connectivity index (χ1) is 15.3. The number of para-hydroxylation sites is 3. The van der Waals surface area contributed by atoms with Crippen molar-refractivity contribution in [3.8, 4) is 5.69 Å². The standard InChI is InChI=1S/C28H20N2S/c1-2-18-15-16-26-21(17-18)28(20-10-4-8-14-25(20)31-26)19-9-3-6-12-23(19)30-24-13-7-5-11-22(24)29-27(28)30/h3-17H,2H2,1H3. The molecule has 2 aliphatic rings. The molecule has 0 saturated carbocycles. The first-order valence-corrected chi connectivity index (χ1v) is 11.6. The molecule has 148 valence electrons. The maximum atomic E-state index is 5.29. The molecule has 3 heteroatoms. The summed E-state index contributed by atoms with van der Waals surface area (Å²) in [5.41, 5.74) is 8.44. The Kier molecular flexibility index (Phi) is 3.43. The Balaban J connectivity index is 1.73. The zero-order valence-corrected chi connectivity index (χ0v) is 18.0. The molecule has 1 spiro atoms. The van der Waals surface area contributed by atoms with Crippen molar-refractivity contribution in [3.05, 3.63) is 119 Å². The van der Waals surface area contributed by atoms with Crippen LogP contribution in [-0.2, 0) is 11.8 Å². The van der Waals surface area contributed by atoms with E-state index >= 15 is 0 Å². The van der Waals surface area contributed by atoms with Crippen molar-refractivity contribution < 1.29 is 0 Å². The van der Waals surface area contributed by atoms with Crippen LogP contribution in [0.4, 0.5) is 0 Å². The zero-order valence-electron chi connectivity index (χ0n) is 17.2. The molecule has 0 radical (unpaired) electrons. The summed E-state index contributed by atoms with van der Waals surface area (Å²) in [7, 11) is 0. The van der Waals surface area contributed by atoms with Crippen molar-refractivity contribution in [2.45, 2.75) is 28.6 Å². The van der Waals surface area contributed by atoms with Gasteiger partial charge in [-0.3, -0.25) is 4.57 Å². The van der Waals surface area contributed by atoms with E-state index in [9.17, 15) is 0 Å². The second-order valence-corrected chi connectivity index (χ2v) is 9.39. The molecule has 1 atom stereocenters. The van der Waals surface area contributed by atoms with Crippen molar-refractivity contribution in [2.24, 2.45) is 0 Å². The van der Waals surface area contributed by atoms with E-state index in [1.165, 1.54) is 43.2 Å². The molecule has 31 heavy (non-hydrogen) atoms. The molecule has 0 saturated heterocycles. The van der Waals surface area contributed by atoms with Crippen molar-refractivity contribution in [3.63, 3.8) is 0 Å². The average molecular weight is 417 g/mol. The number of aryl methyl sites for hydroxylation is 1. The molecule has 0 fully saturated rings. The SMILES string of the molecule is CCc1ccc2c(c1)C1(c3ccccc3S2)c2ccccc2-n2c1nc1ccccc12. The highest BCUT2D eigenvalue weighted by atomic mass is 32.2. The number of hydrogen-bond donors (Lipinski definition) is 0. The fourth-order valence-corrected chi connectivity index (χ4v) is 6.64. The largest absolute Gasteiger partial charge is 0.295 e. The summed E-state index contributed by atoms with van der Waals surface area (Å²) in [5, 5.41) is 0. The van der Waals surface area contributed by atoms with Crippen molar-refractivity contribution >= 4 is 22.8 Å². The van der Waals surface area contributed by atoms with Crippen LogP contribution in [0, 0.1) is 0 Å². The minimum absolute atomic E-state index is 0.405. The molecule has 2 nitrogen and oxygen atoms in total. The Morgan fingerprint density at radius 3 is 2.42 bits per heavy atom. The van der Waals surface area contributed by atoms with Gasteiger partial charge in [0.15, 0.2) is 0 Å². The zero-order chi connectivity index (χ0) is 20.6. The molecule has 0 N–H and O–H groups in total. The average Bonchev–Trinajstić information content (AvgIpc) is 3.34. The van der Waals surface area contributed by atoms with Gasteiger partial charge in [0, 0.05) is 9.79 Å². The summed E-state index contributed by atoms with van der Waals surface area (Å²) in [6.07, 6.45) is 1.02. The van der Waals surface area contributed by atoms with Crippen LogP contribution >= 0.6 is 11.8 Å². The predicted molar refractivity (Wildman–Crippen MR) is 126 cm³/mol. The lowest BCUT2D eigenvalue weighted by Crippen LogP contribution is -2.33. The van der Waals surface area contributed by atoms with E-state index < -0.39 is 5.41 Å².